The van der Waals surface area contributed by atoms with Gasteiger partial charge in [-0.3, -0.25) is 0 Å². The highest BCUT2D eigenvalue weighted by Gasteiger charge is 2.24. The maximum atomic E-state index is 2.38. The third-order valence-electron chi connectivity index (χ3n) is 6.27. The fourth-order valence-corrected chi connectivity index (χ4v) is 7.04. The van der Waals surface area contributed by atoms with Crippen molar-refractivity contribution >= 4 is 60.3 Å². The van der Waals surface area contributed by atoms with Gasteiger partial charge in [0.2, 0.25) is 0 Å². The van der Waals surface area contributed by atoms with Crippen LogP contribution in [0.2, 0.25) is 0 Å². The third-order valence-corrected chi connectivity index (χ3v) is 8.62. The van der Waals surface area contributed by atoms with Gasteiger partial charge in [0.15, 0.2) is 0 Å². The van der Waals surface area contributed by atoms with E-state index >= 15 is 0 Å². The van der Waals surface area contributed by atoms with E-state index in [0.717, 1.165) is 0 Å². The minimum Gasteiger partial charge on any atom is -0.308 e. The second-order valence-electron chi connectivity index (χ2n) is 8.20. The van der Waals surface area contributed by atoms with Crippen LogP contribution in [0.25, 0.3) is 31.3 Å². The van der Waals surface area contributed by atoms with Gasteiger partial charge in [0.05, 0.1) is 11.4 Å². The van der Waals surface area contributed by atoms with Crippen LogP contribution >= 0.6 is 23.1 Å². The van der Waals surface area contributed by atoms with Gasteiger partial charge in [0.25, 0.3) is 0 Å². The molecule has 6 aromatic rings. The van der Waals surface area contributed by atoms with Gasteiger partial charge in [-0.2, -0.15) is 0 Å². The van der Waals surface area contributed by atoms with Gasteiger partial charge in [-0.15, -0.1) is 11.3 Å². The standard InChI is InChI=1S/C30H19NS2/c1-4-13-27-23(8-1)24-10-7-9-22(30(24)33-27)20-16-18-21(19-17-20)31-25-11-2-5-14-28(25)32-29-15-6-3-12-26(29)31/h1-19H. The zero-order chi connectivity index (χ0) is 21.8. The second-order valence-corrected chi connectivity index (χ2v) is 10.3. The number of hydrogen-bond donors (Lipinski definition) is 0. The van der Waals surface area contributed by atoms with Crippen LogP contribution in [0.15, 0.2) is 125 Å². The molecule has 0 amide bonds. The maximum absolute atomic E-state index is 2.38. The normalized spacial score (nSPS) is 12.7. The fraction of sp³-hybridized carbons (Fsp3) is 0. The number of rotatable bonds is 2. The highest BCUT2D eigenvalue weighted by molar-refractivity contribution is 7.99. The van der Waals surface area contributed by atoms with Crippen molar-refractivity contribution in [2.75, 3.05) is 4.90 Å². The molecule has 1 nitrogen and oxygen atoms in total. The van der Waals surface area contributed by atoms with Crippen molar-refractivity contribution in [2.45, 2.75) is 9.79 Å². The summed E-state index contributed by atoms with van der Waals surface area (Å²) in [5.41, 5.74) is 6.21. The largest absolute Gasteiger partial charge is 0.308 e. The first-order valence-corrected chi connectivity index (χ1v) is 12.7. The maximum Gasteiger partial charge on any atom is 0.0601 e. The molecule has 0 atom stereocenters. The molecule has 1 aromatic heterocycles. The zero-order valence-electron chi connectivity index (χ0n) is 17.7. The van der Waals surface area contributed by atoms with Crippen molar-refractivity contribution in [1.82, 2.24) is 0 Å². The molecule has 1 aliphatic rings. The first-order valence-electron chi connectivity index (χ1n) is 11.0. The van der Waals surface area contributed by atoms with Gasteiger partial charge in [-0.25, -0.2) is 0 Å². The van der Waals surface area contributed by atoms with Crippen LogP contribution in [0.1, 0.15) is 0 Å². The number of anilines is 3. The quantitative estimate of drug-likeness (QED) is 0.254. The Morgan fingerprint density at radius 3 is 1.91 bits per heavy atom. The van der Waals surface area contributed by atoms with Crippen molar-refractivity contribution in [1.29, 1.82) is 0 Å². The van der Waals surface area contributed by atoms with Crippen LogP contribution in [0, 0.1) is 0 Å². The van der Waals surface area contributed by atoms with Crippen molar-refractivity contribution in [3.05, 3.63) is 115 Å². The van der Waals surface area contributed by atoms with E-state index in [1.165, 1.54) is 58.2 Å². The Balaban J connectivity index is 1.36. The summed E-state index contributed by atoms with van der Waals surface area (Å²) >= 11 is 3.73. The van der Waals surface area contributed by atoms with Crippen molar-refractivity contribution in [3.63, 3.8) is 0 Å². The Labute approximate surface area is 200 Å². The van der Waals surface area contributed by atoms with E-state index in [9.17, 15) is 0 Å². The molecule has 5 aromatic carbocycles. The highest BCUT2D eigenvalue weighted by Crippen LogP contribution is 2.51. The predicted octanol–water partition coefficient (Wildman–Crippen LogP) is 9.66. The zero-order valence-corrected chi connectivity index (χ0v) is 19.4. The predicted molar refractivity (Wildman–Crippen MR) is 144 cm³/mol. The van der Waals surface area contributed by atoms with Gasteiger partial charge >= 0.3 is 0 Å². The molecule has 0 saturated heterocycles. The molecule has 0 saturated carbocycles. The van der Waals surface area contributed by atoms with Gasteiger partial charge < -0.3 is 4.90 Å². The summed E-state index contributed by atoms with van der Waals surface area (Å²) < 4.78 is 2.70. The van der Waals surface area contributed by atoms with Crippen molar-refractivity contribution < 1.29 is 0 Å². The van der Waals surface area contributed by atoms with Crippen molar-refractivity contribution in [3.8, 4) is 11.1 Å². The highest BCUT2D eigenvalue weighted by atomic mass is 32.2. The monoisotopic (exact) mass is 457 g/mol. The van der Waals surface area contributed by atoms with Crippen LogP contribution in [-0.2, 0) is 0 Å². The average molecular weight is 458 g/mol. The van der Waals surface area contributed by atoms with E-state index in [1.54, 1.807) is 0 Å². The van der Waals surface area contributed by atoms with Crippen LogP contribution in [0.3, 0.4) is 0 Å². The summed E-state index contributed by atoms with van der Waals surface area (Å²) in [7, 11) is 0. The molecular formula is C30H19NS2. The van der Waals surface area contributed by atoms with E-state index in [2.05, 4.69) is 120 Å². The average Bonchev–Trinajstić information content (AvgIpc) is 3.26. The summed E-state index contributed by atoms with van der Waals surface area (Å²) in [5.74, 6) is 0. The summed E-state index contributed by atoms with van der Waals surface area (Å²) in [6.45, 7) is 0. The molecular weight excluding hydrogens is 438 g/mol. The minimum atomic E-state index is 1.18. The Morgan fingerprint density at radius 2 is 1.15 bits per heavy atom. The lowest BCUT2D eigenvalue weighted by Gasteiger charge is -2.32. The molecule has 3 heteroatoms. The van der Waals surface area contributed by atoms with E-state index in [1.807, 2.05) is 23.1 Å². The number of thiophene rings is 1. The molecule has 0 unspecified atom stereocenters. The molecule has 0 aliphatic carbocycles. The molecule has 0 radical (unpaired) electrons. The summed E-state index contributed by atoms with van der Waals surface area (Å²) in [4.78, 5) is 4.95. The first kappa shape index (κ1) is 19.0. The Hall–Kier alpha value is -3.53. The fourth-order valence-electron chi connectivity index (χ4n) is 4.75. The van der Waals surface area contributed by atoms with Crippen LogP contribution in [0.5, 0.6) is 0 Å². The number of nitrogens with zero attached hydrogens (tertiary/aromatic N) is 1. The molecule has 156 valence electrons. The lowest BCUT2D eigenvalue weighted by Crippen LogP contribution is -2.14. The Bertz CT molecular complexity index is 1600. The minimum absolute atomic E-state index is 1.18. The lowest BCUT2D eigenvalue weighted by atomic mass is 10.0. The van der Waals surface area contributed by atoms with E-state index in [-0.39, 0.29) is 0 Å². The Morgan fingerprint density at radius 1 is 0.515 bits per heavy atom. The van der Waals surface area contributed by atoms with Crippen LogP contribution in [-0.4, -0.2) is 0 Å². The number of hydrogen-bond acceptors (Lipinski definition) is 3. The summed E-state index contributed by atoms with van der Waals surface area (Å²) in [6, 6.07) is 41.7. The molecule has 0 N–H and O–H groups in total. The SMILES string of the molecule is c1ccc2c(c1)Sc1ccccc1N2c1ccc(-c2cccc3c2sc2ccccc23)cc1. The Kier molecular flexibility index (Phi) is 4.32. The number of para-hydroxylation sites is 2. The van der Waals surface area contributed by atoms with Crippen LogP contribution in [0.4, 0.5) is 17.1 Å². The topological polar surface area (TPSA) is 3.24 Å². The summed E-state index contributed by atoms with van der Waals surface area (Å²) in [6.07, 6.45) is 0. The van der Waals surface area contributed by atoms with Crippen molar-refractivity contribution in [2.24, 2.45) is 0 Å². The molecule has 7 rings (SSSR count). The van der Waals surface area contributed by atoms with E-state index in [4.69, 9.17) is 0 Å². The van der Waals surface area contributed by atoms with E-state index < -0.39 is 0 Å². The van der Waals surface area contributed by atoms with Gasteiger partial charge in [0.1, 0.15) is 0 Å². The second kappa shape index (κ2) is 7.51. The summed E-state index contributed by atoms with van der Waals surface area (Å²) in [5, 5.41) is 2.68. The molecule has 1 aliphatic heterocycles. The molecule has 0 spiro atoms. The van der Waals surface area contributed by atoms with E-state index in [0.29, 0.717) is 0 Å². The van der Waals surface area contributed by atoms with Gasteiger partial charge in [-0.1, -0.05) is 84.6 Å². The van der Waals surface area contributed by atoms with Gasteiger partial charge in [0, 0.05) is 35.7 Å². The van der Waals surface area contributed by atoms with Crippen LogP contribution < -0.4 is 4.90 Å². The smallest absolute Gasteiger partial charge is 0.0601 e. The molecule has 0 bridgehead atoms. The van der Waals surface area contributed by atoms with Gasteiger partial charge in [-0.05, 0) is 53.6 Å². The molecule has 0 fully saturated rings. The molecule has 33 heavy (non-hydrogen) atoms. The third kappa shape index (κ3) is 3.01. The lowest BCUT2D eigenvalue weighted by molar-refractivity contribution is 1.17. The first-order chi connectivity index (χ1) is 16.4. The number of fused-ring (bicyclic) bond motifs is 5. The molecule has 2 heterocycles. The number of benzene rings is 5.